The summed E-state index contributed by atoms with van der Waals surface area (Å²) < 4.78 is 1.13. The number of hydrogen-bond donors (Lipinski definition) is 1. The Bertz CT molecular complexity index is 417. The van der Waals surface area contributed by atoms with E-state index in [2.05, 4.69) is 52.8 Å². The second kappa shape index (κ2) is 4.60. The van der Waals surface area contributed by atoms with Crippen LogP contribution in [-0.2, 0) is 4.84 Å². The van der Waals surface area contributed by atoms with E-state index >= 15 is 0 Å². The van der Waals surface area contributed by atoms with Crippen molar-refractivity contribution in [1.82, 2.24) is 5.48 Å². The molecule has 1 aliphatic heterocycles. The maximum absolute atomic E-state index is 5.14. The lowest BCUT2D eigenvalue weighted by Gasteiger charge is -2.13. The largest absolute Gasteiger partial charge is 0.272 e. The van der Waals surface area contributed by atoms with Crippen molar-refractivity contribution < 1.29 is 4.84 Å². The average Bonchev–Trinajstić information content (AvgIpc) is 2.75. The molecule has 0 bridgehead atoms. The molecule has 0 aliphatic carbocycles. The first-order valence-corrected chi connectivity index (χ1v) is 6.67. The predicted octanol–water partition coefficient (Wildman–Crippen LogP) is 3.36. The highest BCUT2D eigenvalue weighted by atomic mass is 79.9. The molecule has 4 heteroatoms. The SMILES string of the molecule is CSc1ccc(Br)c(C)c1C1=CCON1. The lowest BCUT2D eigenvalue weighted by atomic mass is 10.1. The van der Waals surface area contributed by atoms with E-state index in [4.69, 9.17) is 4.84 Å². The number of hydroxylamine groups is 1. The van der Waals surface area contributed by atoms with Gasteiger partial charge in [0, 0.05) is 14.9 Å². The lowest BCUT2D eigenvalue weighted by Crippen LogP contribution is -2.07. The molecule has 2 nitrogen and oxygen atoms in total. The molecule has 0 aromatic heterocycles. The van der Waals surface area contributed by atoms with Crippen molar-refractivity contribution in [3.8, 4) is 0 Å². The Morgan fingerprint density at radius 3 is 2.87 bits per heavy atom. The first kappa shape index (κ1) is 11.0. The fourth-order valence-electron chi connectivity index (χ4n) is 1.61. The van der Waals surface area contributed by atoms with Crippen LogP contribution in [0.2, 0.25) is 0 Å². The minimum atomic E-state index is 0.634. The summed E-state index contributed by atoms with van der Waals surface area (Å²) >= 11 is 5.30. The number of rotatable bonds is 2. The summed E-state index contributed by atoms with van der Waals surface area (Å²) in [7, 11) is 0. The van der Waals surface area contributed by atoms with Gasteiger partial charge in [0.15, 0.2) is 0 Å². The highest BCUT2D eigenvalue weighted by molar-refractivity contribution is 9.10. The van der Waals surface area contributed by atoms with Crippen LogP contribution in [0.25, 0.3) is 5.70 Å². The summed E-state index contributed by atoms with van der Waals surface area (Å²) in [6, 6.07) is 4.21. The highest BCUT2D eigenvalue weighted by Gasteiger charge is 2.15. The quantitative estimate of drug-likeness (QED) is 0.842. The molecule has 80 valence electrons. The molecular formula is C11H12BrNOS. The Hall–Kier alpha value is -0.450. The fraction of sp³-hybridized carbons (Fsp3) is 0.273. The zero-order valence-corrected chi connectivity index (χ0v) is 11.0. The van der Waals surface area contributed by atoms with Gasteiger partial charge in [-0.2, -0.15) is 0 Å². The van der Waals surface area contributed by atoms with Gasteiger partial charge >= 0.3 is 0 Å². The molecule has 0 unspecified atom stereocenters. The van der Waals surface area contributed by atoms with Crippen molar-refractivity contribution in [3.05, 3.63) is 33.8 Å². The topological polar surface area (TPSA) is 21.3 Å². The van der Waals surface area contributed by atoms with Gasteiger partial charge in [0.25, 0.3) is 0 Å². The van der Waals surface area contributed by atoms with Crippen LogP contribution >= 0.6 is 27.7 Å². The van der Waals surface area contributed by atoms with Crippen LogP contribution in [-0.4, -0.2) is 12.9 Å². The van der Waals surface area contributed by atoms with Crippen molar-refractivity contribution in [2.45, 2.75) is 11.8 Å². The molecule has 1 aromatic carbocycles. The van der Waals surface area contributed by atoms with Gasteiger partial charge in [-0.15, -0.1) is 11.8 Å². The van der Waals surface area contributed by atoms with E-state index < -0.39 is 0 Å². The van der Waals surface area contributed by atoms with E-state index in [1.807, 2.05) is 0 Å². The zero-order chi connectivity index (χ0) is 10.8. The minimum absolute atomic E-state index is 0.634. The van der Waals surface area contributed by atoms with E-state index in [1.165, 1.54) is 16.0 Å². The van der Waals surface area contributed by atoms with Crippen LogP contribution in [0.4, 0.5) is 0 Å². The van der Waals surface area contributed by atoms with Crippen molar-refractivity contribution >= 4 is 33.4 Å². The second-order valence-electron chi connectivity index (χ2n) is 3.28. The molecule has 1 aromatic rings. The molecule has 0 spiro atoms. The Kier molecular flexibility index (Phi) is 3.38. The van der Waals surface area contributed by atoms with Gasteiger partial charge in [-0.1, -0.05) is 15.9 Å². The molecule has 1 aliphatic rings. The van der Waals surface area contributed by atoms with E-state index in [1.54, 1.807) is 11.8 Å². The van der Waals surface area contributed by atoms with Gasteiger partial charge in [-0.05, 0) is 37.0 Å². The molecule has 0 amide bonds. The normalized spacial score (nSPS) is 15.0. The van der Waals surface area contributed by atoms with Gasteiger partial charge in [0.1, 0.15) is 0 Å². The Labute approximate surface area is 102 Å². The number of thioether (sulfide) groups is 1. The third-order valence-electron chi connectivity index (χ3n) is 2.40. The summed E-state index contributed by atoms with van der Waals surface area (Å²) in [6.45, 7) is 2.75. The maximum atomic E-state index is 5.14. The van der Waals surface area contributed by atoms with E-state index in [9.17, 15) is 0 Å². The summed E-state index contributed by atoms with van der Waals surface area (Å²) in [6.07, 6.45) is 4.15. The smallest absolute Gasteiger partial charge is 0.0951 e. The zero-order valence-electron chi connectivity index (χ0n) is 8.63. The van der Waals surface area contributed by atoms with Crippen LogP contribution < -0.4 is 5.48 Å². The molecular weight excluding hydrogens is 274 g/mol. The Morgan fingerprint density at radius 1 is 1.47 bits per heavy atom. The molecule has 1 heterocycles. The third-order valence-corrected chi connectivity index (χ3v) is 4.04. The van der Waals surface area contributed by atoms with Crippen molar-refractivity contribution in [2.24, 2.45) is 0 Å². The van der Waals surface area contributed by atoms with Crippen LogP contribution in [0.3, 0.4) is 0 Å². The minimum Gasteiger partial charge on any atom is -0.272 e. The number of hydrogen-bond acceptors (Lipinski definition) is 3. The number of halogens is 1. The van der Waals surface area contributed by atoms with Gasteiger partial charge in [-0.25, -0.2) is 0 Å². The predicted molar refractivity (Wildman–Crippen MR) is 67.7 cm³/mol. The third kappa shape index (κ3) is 2.07. The van der Waals surface area contributed by atoms with Gasteiger partial charge in [0.05, 0.1) is 12.3 Å². The van der Waals surface area contributed by atoms with Gasteiger partial charge in [-0.3, -0.25) is 10.3 Å². The van der Waals surface area contributed by atoms with Crippen LogP contribution in [0.5, 0.6) is 0 Å². The van der Waals surface area contributed by atoms with Crippen LogP contribution in [0.1, 0.15) is 11.1 Å². The first-order chi connectivity index (χ1) is 7.24. The van der Waals surface area contributed by atoms with E-state index in [0.717, 1.165) is 10.2 Å². The molecule has 0 fully saturated rings. The molecule has 0 atom stereocenters. The van der Waals surface area contributed by atoms with Crippen molar-refractivity contribution in [2.75, 3.05) is 12.9 Å². The fourth-order valence-corrected chi connectivity index (χ4v) is 2.61. The summed E-state index contributed by atoms with van der Waals surface area (Å²) in [4.78, 5) is 6.40. The molecule has 0 radical (unpaired) electrons. The van der Waals surface area contributed by atoms with Crippen LogP contribution in [0.15, 0.2) is 27.6 Å². The van der Waals surface area contributed by atoms with Crippen molar-refractivity contribution in [3.63, 3.8) is 0 Å². The highest BCUT2D eigenvalue weighted by Crippen LogP contribution is 2.33. The molecule has 0 saturated heterocycles. The maximum Gasteiger partial charge on any atom is 0.0951 e. The summed E-state index contributed by atoms with van der Waals surface area (Å²) in [5.74, 6) is 0. The van der Waals surface area contributed by atoms with Crippen molar-refractivity contribution in [1.29, 1.82) is 0 Å². The number of nitrogens with one attached hydrogen (secondary N) is 1. The summed E-state index contributed by atoms with van der Waals surface area (Å²) in [5.41, 5.74) is 6.48. The standard InChI is InChI=1S/C11H12BrNOS/c1-7-8(12)3-4-10(15-2)11(7)9-5-6-14-13-9/h3-5,13H,6H2,1-2H3. The number of benzene rings is 1. The average molecular weight is 286 g/mol. The van der Waals surface area contributed by atoms with Crippen LogP contribution in [0, 0.1) is 6.92 Å². The van der Waals surface area contributed by atoms with E-state index in [-0.39, 0.29) is 0 Å². The Morgan fingerprint density at radius 2 is 2.27 bits per heavy atom. The van der Waals surface area contributed by atoms with Gasteiger partial charge in [0.2, 0.25) is 0 Å². The Balaban J connectivity index is 2.55. The summed E-state index contributed by atoms with van der Waals surface area (Å²) in [5, 5.41) is 0. The molecule has 0 saturated carbocycles. The molecule has 1 N–H and O–H groups in total. The monoisotopic (exact) mass is 285 g/mol. The van der Waals surface area contributed by atoms with E-state index in [0.29, 0.717) is 6.61 Å². The molecule has 15 heavy (non-hydrogen) atoms. The lowest BCUT2D eigenvalue weighted by molar-refractivity contribution is 0.121. The molecule has 2 rings (SSSR count). The van der Waals surface area contributed by atoms with Gasteiger partial charge < -0.3 is 0 Å². The first-order valence-electron chi connectivity index (χ1n) is 4.65. The second-order valence-corrected chi connectivity index (χ2v) is 4.98.